The van der Waals surface area contributed by atoms with Gasteiger partial charge in [0.15, 0.2) is 11.5 Å². The molecule has 1 aromatic carbocycles. The van der Waals surface area contributed by atoms with E-state index in [0.717, 1.165) is 5.56 Å². The SMILES string of the molecule is COc1ccc(C(CC(=O)Cl)C(C)C)cc1OC. The van der Waals surface area contributed by atoms with Crippen molar-refractivity contribution in [3.63, 3.8) is 0 Å². The zero-order valence-electron chi connectivity index (χ0n) is 11.2. The third kappa shape index (κ3) is 3.64. The van der Waals surface area contributed by atoms with Crippen LogP contribution in [-0.4, -0.2) is 19.5 Å². The molecule has 1 unspecified atom stereocenters. The number of benzene rings is 1. The Morgan fingerprint density at radius 2 is 1.83 bits per heavy atom. The van der Waals surface area contributed by atoms with Crippen LogP contribution in [0.5, 0.6) is 11.5 Å². The minimum atomic E-state index is -0.316. The number of carbonyl (C=O) groups excluding carboxylic acids is 1. The van der Waals surface area contributed by atoms with Gasteiger partial charge in [-0.15, -0.1) is 0 Å². The lowest BCUT2D eigenvalue weighted by Gasteiger charge is -2.20. The second-order valence-corrected chi connectivity index (χ2v) is 4.95. The second-order valence-electron chi connectivity index (χ2n) is 4.52. The summed E-state index contributed by atoms with van der Waals surface area (Å²) in [6.07, 6.45) is 0.328. The predicted octanol–water partition coefficient (Wildman–Crippen LogP) is 3.60. The lowest BCUT2D eigenvalue weighted by atomic mass is 9.86. The van der Waals surface area contributed by atoms with E-state index in [0.29, 0.717) is 23.8 Å². The quantitative estimate of drug-likeness (QED) is 0.741. The Labute approximate surface area is 113 Å². The summed E-state index contributed by atoms with van der Waals surface area (Å²) >= 11 is 5.50. The fraction of sp³-hybridized carbons (Fsp3) is 0.500. The molecule has 0 amide bonds. The first kappa shape index (κ1) is 14.8. The highest BCUT2D eigenvalue weighted by Gasteiger charge is 2.20. The molecule has 18 heavy (non-hydrogen) atoms. The summed E-state index contributed by atoms with van der Waals surface area (Å²) in [5.41, 5.74) is 1.04. The molecular formula is C14H19ClO3. The van der Waals surface area contributed by atoms with E-state index < -0.39 is 0 Å². The molecule has 0 aliphatic rings. The summed E-state index contributed by atoms with van der Waals surface area (Å²) in [5.74, 6) is 1.77. The van der Waals surface area contributed by atoms with Crippen LogP contribution in [0.4, 0.5) is 0 Å². The fourth-order valence-electron chi connectivity index (χ4n) is 1.99. The van der Waals surface area contributed by atoms with Gasteiger partial charge in [0.1, 0.15) is 0 Å². The smallest absolute Gasteiger partial charge is 0.222 e. The van der Waals surface area contributed by atoms with Crippen molar-refractivity contribution in [2.45, 2.75) is 26.2 Å². The van der Waals surface area contributed by atoms with Gasteiger partial charge in [0.2, 0.25) is 5.24 Å². The van der Waals surface area contributed by atoms with E-state index in [1.54, 1.807) is 14.2 Å². The highest BCUT2D eigenvalue weighted by atomic mass is 35.5. The topological polar surface area (TPSA) is 35.5 Å². The molecule has 1 aromatic rings. The molecule has 0 saturated carbocycles. The maximum absolute atomic E-state index is 11.1. The highest BCUT2D eigenvalue weighted by Crippen LogP contribution is 2.35. The van der Waals surface area contributed by atoms with Crippen LogP contribution in [-0.2, 0) is 4.79 Å². The highest BCUT2D eigenvalue weighted by molar-refractivity contribution is 6.63. The van der Waals surface area contributed by atoms with Gasteiger partial charge in [0.05, 0.1) is 14.2 Å². The first-order valence-corrected chi connectivity index (χ1v) is 6.27. The van der Waals surface area contributed by atoms with Gasteiger partial charge in [-0.25, -0.2) is 0 Å². The summed E-state index contributed by atoms with van der Waals surface area (Å²) in [6, 6.07) is 5.71. The van der Waals surface area contributed by atoms with Crippen molar-refractivity contribution in [2.75, 3.05) is 14.2 Å². The normalized spacial score (nSPS) is 12.3. The number of rotatable bonds is 6. The van der Waals surface area contributed by atoms with Gasteiger partial charge in [-0.2, -0.15) is 0 Å². The molecule has 0 heterocycles. The standard InChI is InChI=1S/C14H19ClO3/c1-9(2)11(8-14(15)16)10-5-6-12(17-3)13(7-10)18-4/h5-7,9,11H,8H2,1-4H3. The van der Waals surface area contributed by atoms with E-state index in [9.17, 15) is 4.79 Å². The molecule has 1 atom stereocenters. The molecule has 0 fully saturated rings. The van der Waals surface area contributed by atoms with E-state index in [1.807, 2.05) is 18.2 Å². The van der Waals surface area contributed by atoms with Gasteiger partial charge in [-0.1, -0.05) is 19.9 Å². The van der Waals surface area contributed by atoms with Crippen LogP contribution in [0.25, 0.3) is 0 Å². The maximum atomic E-state index is 11.1. The Kier molecular flexibility index (Phi) is 5.48. The molecule has 0 saturated heterocycles. The number of halogens is 1. The van der Waals surface area contributed by atoms with Gasteiger partial charge in [0.25, 0.3) is 0 Å². The van der Waals surface area contributed by atoms with Crippen LogP contribution in [0.15, 0.2) is 18.2 Å². The molecule has 0 radical (unpaired) electrons. The van der Waals surface area contributed by atoms with Crippen molar-refractivity contribution in [1.82, 2.24) is 0 Å². The largest absolute Gasteiger partial charge is 0.493 e. The zero-order chi connectivity index (χ0) is 13.7. The molecule has 0 spiro atoms. The van der Waals surface area contributed by atoms with Gasteiger partial charge in [-0.05, 0) is 41.1 Å². The number of ether oxygens (including phenoxy) is 2. The Morgan fingerprint density at radius 3 is 2.28 bits per heavy atom. The second kappa shape index (κ2) is 6.64. The van der Waals surface area contributed by atoms with E-state index in [-0.39, 0.29) is 11.2 Å². The third-order valence-corrected chi connectivity index (χ3v) is 3.18. The van der Waals surface area contributed by atoms with E-state index in [2.05, 4.69) is 13.8 Å². The Bertz CT molecular complexity index is 416. The van der Waals surface area contributed by atoms with E-state index >= 15 is 0 Å². The van der Waals surface area contributed by atoms with Crippen LogP contribution >= 0.6 is 11.6 Å². The van der Waals surface area contributed by atoms with Crippen molar-refractivity contribution in [2.24, 2.45) is 5.92 Å². The summed E-state index contributed by atoms with van der Waals surface area (Å²) in [5, 5.41) is -0.316. The number of methoxy groups -OCH3 is 2. The zero-order valence-corrected chi connectivity index (χ0v) is 12.0. The Hall–Kier alpha value is -1.22. The van der Waals surface area contributed by atoms with Crippen molar-refractivity contribution >= 4 is 16.8 Å². The average Bonchev–Trinajstić information content (AvgIpc) is 2.34. The molecule has 1 rings (SSSR count). The van der Waals surface area contributed by atoms with Crippen LogP contribution in [0.2, 0.25) is 0 Å². The minimum Gasteiger partial charge on any atom is -0.493 e. The summed E-state index contributed by atoms with van der Waals surface area (Å²) in [4.78, 5) is 11.1. The number of carbonyl (C=O) groups is 1. The van der Waals surface area contributed by atoms with E-state index in [1.165, 1.54) is 0 Å². The van der Waals surface area contributed by atoms with Crippen molar-refractivity contribution in [3.05, 3.63) is 23.8 Å². The van der Waals surface area contributed by atoms with E-state index in [4.69, 9.17) is 21.1 Å². The summed E-state index contributed by atoms with van der Waals surface area (Å²) in [7, 11) is 3.19. The lowest BCUT2D eigenvalue weighted by molar-refractivity contribution is -0.112. The van der Waals surface area contributed by atoms with Crippen LogP contribution in [0.1, 0.15) is 31.7 Å². The molecule has 0 N–H and O–H groups in total. The van der Waals surface area contributed by atoms with Gasteiger partial charge in [-0.3, -0.25) is 4.79 Å². The fourth-order valence-corrected chi connectivity index (χ4v) is 2.16. The maximum Gasteiger partial charge on any atom is 0.222 e. The van der Waals surface area contributed by atoms with Crippen LogP contribution in [0.3, 0.4) is 0 Å². The third-order valence-electron chi connectivity index (χ3n) is 3.02. The molecule has 3 nitrogen and oxygen atoms in total. The molecule has 0 bridgehead atoms. The first-order chi connectivity index (χ1) is 8.49. The predicted molar refractivity (Wildman–Crippen MR) is 72.6 cm³/mol. The molecule has 0 aliphatic carbocycles. The van der Waals surface area contributed by atoms with Crippen molar-refractivity contribution < 1.29 is 14.3 Å². The van der Waals surface area contributed by atoms with Crippen molar-refractivity contribution in [3.8, 4) is 11.5 Å². The molecular weight excluding hydrogens is 252 g/mol. The van der Waals surface area contributed by atoms with Crippen LogP contribution in [0, 0.1) is 5.92 Å². The van der Waals surface area contributed by atoms with Gasteiger partial charge in [0, 0.05) is 6.42 Å². The monoisotopic (exact) mass is 270 g/mol. The van der Waals surface area contributed by atoms with Gasteiger partial charge < -0.3 is 9.47 Å². The lowest BCUT2D eigenvalue weighted by Crippen LogP contribution is -2.10. The Balaban J connectivity index is 3.09. The minimum absolute atomic E-state index is 0.0924. The van der Waals surface area contributed by atoms with Gasteiger partial charge >= 0.3 is 0 Å². The van der Waals surface area contributed by atoms with Crippen molar-refractivity contribution in [1.29, 1.82) is 0 Å². The summed E-state index contributed by atoms with van der Waals surface area (Å²) < 4.78 is 10.5. The number of hydrogen-bond acceptors (Lipinski definition) is 3. The molecule has 0 aliphatic heterocycles. The van der Waals surface area contributed by atoms with Crippen LogP contribution < -0.4 is 9.47 Å². The summed E-state index contributed by atoms with van der Waals surface area (Å²) in [6.45, 7) is 4.14. The molecule has 4 heteroatoms. The average molecular weight is 271 g/mol. The first-order valence-electron chi connectivity index (χ1n) is 5.89. The molecule has 100 valence electrons. The Morgan fingerprint density at radius 1 is 1.22 bits per heavy atom. The number of hydrogen-bond donors (Lipinski definition) is 0. The molecule has 0 aromatic heterocycles.